The van der Waals surface area contributed by atoms with Crippen molar-refractivity contribution < 1.29 is 19.1 Å². The number of rotatable bonds is 3. The molecule has 0 aliphatic carbocycles. The molecular weight excluding hydrogens is 282 g/mol. The Morgan fingerprint density at radius 2 is 1.95 bits per heavy atom. The summed E-state index contributed by atoms with van der Waals surface area (Å²) in [6.07, 6.45) is -0.522. The monoisotopic (exact) mass is 303 g/mol. The number of hydrogen-bond acceptors (Lipinski definition) is 4. The van der Waals surface area contributed by atoms with Crippen LogP contribution in [-0.4, -0.2) is 31.1 Å². The van der Waals surface area contributed by atoms with Gasteiger partial charge in [-0.25, -0.2) is 4.79 Å². The molecule has 1 amide bonds. The van der Waals surface area contributed by atoms with E-state index in [1.54, 1.807) is 39.0 Å². The van der Waals surface area contributed by atoms with E-state index in [-0.39, 0.29) is 12.3 Å². The van der Waals surface area contributed by atoms with Gasteiger partial charge in [-0.15, -0.1) is 0 Å². The Kier molecular flexibility index (Phi) is 6.00. The highest BCUT2D eigenvalue weighted by Crippen LogP contribution is 2.19. The van der Waals surface area contributed by atoms with Crippen LogP contribution in [0.25, 0.3) is 0 Å². The van der Waals surface area contributed by atoms with Gasteiger partial charge in [-0.2, -0.15) is 0 Å². The summed E-state index contributed by atoms with van der Waals surface area (Å²) < 4.78 is 10.3. The first-order valence-electron chi connectivity index (χ1n) is 6.87. The molecule has 0 saturated heterocycles. The lowest BCUT2D eigenvalue weighted by Gasteiger charge is -2.19. The lowest BCUT2D eigenvalue weighted by Crippen LogP contribution is -2.32. The van der Waals surface area contributed by atoms with Crippen LogP contribution >= 0.6 is 0 Å². The van der Waals surface area contributed by atoms with Gasteiger partial charge in [0, 0.05) is 5.56 Å². The van der Waals surface area contributed by atoms with Crippen LogP contribution in [0, 0.1) is 11.8 Å². The van der Waals surface area contributed by atoms with Gasteiger partial charge in [-0.3, -0.25) is 4.79 Å². The van der Waals surface area contributed by atoms with E-state index in [1.807, 2.05) is 0 Å². The maximum Gasteiger partial charge on any atom is 0.408 e. The van der Waals surface area contributed by atoms with Crippen molar-refractivity contribution in [2.24, 2.45) is 0 Å². The molecular formula is C17H21NO4. The summed E-state index contributed by atoms with van der Waals surface area (Å²) in [6, 6.07) is 5.05. The predicted molar refractivity (Wildman–Crippen MR) is 84.1 cm³/mol. The molecule has 0 aromatic heterocycles. The van der Waals surface area contributed by atoms with Gasteiger partial charge in [0.25, 0.3) is 0 Å². The zero-order valence-electron chi connectivity index (χ0n) is 13.6. The third kappa shape index (κ3) is 5.88. The van der Waals surface area contributed by atoms with E-state index in [9.17, 15) is 9.59 Å². The van der Waals surface area contributed by atoms with Crippen molar-refractivity contribution in [3.05, 3.63) is 29.3 Å². The fourth-order valence-corrected chi connectivity index (χ4v) is 1.59. The van der Waals surface area contributed by atoms with Gasteiger partial charge in [0.05, 0.1) is 19.2 Å². The van der Waals surface area contributed by atoms with Crippen LogP contribution in [0.15, 0.2) is 18.2 Å². The first-order chi connectivity index (χ1) is 10.2. The Labute approximate surface area is 131 Å². The molecule has 0 atom stereocenters. The van der Waals surface area contributed by atoms with Crippen LogP contribution in [-0.2, 0) is 4.74 Å². The standard InChI is InChI=1S/C17H21NO4/c1-12(19)13-8-9-15(21-5)14(11-13)7-6-10-18-16(20)22-17(2,3)4/h8-9,11H,10H2,1-5H3,(H,18,20). The second-order valence-electron chi connectivity index (χ2n) is 5.63. The molecule has 5 nitrogen and oxygen atoms in total. The molecule has 1 aromatic carbocycles. The zero-order chi connectivity index (χ0) is 16.8. The summed E-state index contributed by atoms with van der Waals surface area (Å²) in [5.41, 5.74) is 0.614. The molecule has 5 heteroatoms. The summed E-state index contributed by atoms with van der Waals surface area (Å²) in [5.74, 6) is 6.22. The Morgan fingerprint density at radius 3 is 2.50 bits per heavy atom. The molecule has 0 radical (unpaired) electrons. The van der Waals surface area contributed by atoms with E-state index in [0.29, 0.717) is 16.9 Å². The van der Waals surface area contributed by atoms with Crippen molar-refractivity contribution in [1.29, 1.82) is 0 Å². The van der Waals surface area contributed by atoms with Crippen LogP contribution in [0.2, 0.25) is 0 Å². The lowest BCUT2D eigenvalue weighted by molar-refractivity contribution is 0.0535. The van der Waals surface area contributed by atoms with Crippen LogP contribution in [0.1, 0.15) is 43.6 Å². The van der Waals surface area contributed by atoms with Crippen molar-refractivity contribution in [3.63, 3.8) is 0 Å². The number of Topliss-reactive ketones (excluding diaryl/α,β-unsaturated/α-hetero) is 1. The Balaban J connectivity index is 2.73. The predicted octanol–water partition coefficient (Wildman–Crippen LogP) is 2.77. The molecule has 0 fully saturated rings. The summed E-state index contributed by atoms with van der Waals surface area (Å²) in [7, 11) is 1.53. The maximum absolute atomic E-state index is 11.5. The fraction of sp³-hybridized carbons (Fsp3) is 0.412. The number of amides is 1. The maximum atomic E-state index is 11.5. The SMILES string of the molecule is COc1ccc(C(C)=O)cc1C#CCNC(=O)OC(C)(C)C. The van der Waals surface area contributed by atoms with Crippen molar-refractivity contribution in [2.45, 2.75) is 33.3 Å². The van der Waals surface area contributed by atoms with Crippen LogP contribution in [0.3, 0.4) is 0 Å². The quantitative estimate of drug-likeness (QED) is 0.689. The minimum Gasteiger partial charge on any atom is -0.495 e. The number of ether oxygens (including phenoxy) is 2. The number of ketones is 1. The molecule has 1 rings (SSSR count). The van der Waals surface area contributed by atoms with Gasteiger partial charge < -0.3 is 14.8 Å². The molecule has 0 heterocycles. The highest BCUT2D eigenvalue weighted by molar-refractivity contribution is 5.94. The Hall–Kier alpha value is -2.48. The van der Waals surface area contributed by atoms with E-state index < -0.39 is 11.7 Å². The topological polar surface area (TPSA) is 64.6 Å². The molecule has 1 aromatic rings. The van der Waals surface area contributed by atoms with E-state index in [2.05, 4.69) is 17.2 Å². The minimum absolute atomic E-state index is 0.0439. The van der Waals surface area contributed by atoms with E-state index in [4.69, 9.17) is 9.47 Å². The molecule has 0 spiro atoms. The normalized spacial score (nSPS) is 10.2. The van der Waals surface area contributed by atoms with Gasteiger partial charge in [-0.1, -0.05) is 11.8 Å². The number of carbonyl (C=O) groups is 2. The molecule has 0 bridgehead atoms. The smallest absolute Gasteiger partial charge is 0.408 e. The number of carbonyl (C=O) groups excluding carboxylic acids is 2. The summed E-state index contributed by atoms with van der Waals surface area (Å²) >= 11 is 0. The molecule has 1 N–H and O–H groups in total. The summed E-state index contributed by atoms with van der Waals surface area (Å²) in [6.45, 7) is 6.99. The largest absolute Gasteiger partial charge is 0.495 e. The number of benzene rings is 1. The first kappa shape index (κ1) is 17.6. The molecule has 0 saturated carbocycles. The Morgan fingerprint density at radius 1 is 1.27 bits per heavy atom. The van der Waals surface area contributed by atoms with Gasteiger partial charge in [0.2, 0.25) is 0 Å². The average Bonchev–Trinajstić information content (AvgIpc) is 2.41. The number of alkyl carbamates (subject to hydrolysis) is 1. The van der Waals surface area contributed by atoms with Crippen LogP contribution in [0.5, 0.6) is 5.75 Å². The second-order valence-corrected chi connectivity index (χ2v) is 5.63. The zero-order valence-corrected chi connectivity index (χ0v) is 13.6. The van der Waals surface area contributed by atoms with E-state index in [1.165, 1.54) is 14.0 Å². The third-order valence-corrected chi connectivity index (χ3v) is 2.55. The van der Waals surface area contributed by atoms with Crippen molar-refractivity contribution in [3.8, 4) is 17.6 Å². The second kappa shape index (κ2) is 7.51. The third-order valence-electron chi connectivity index (χ3n) is 2.55. The summed E-state index contributed by atoms with van der Waals surface area (Å²) in [4.78, 5) is 22.9. The fourth-order valence-electron chi connectivity index (χ4n) is 1.59. The number of methoxy groups -OCH3 is 1. The first-order valence-corrected chi connectivity index (χ1v) is 6.87. The molecule has 118 valence electrons. The highest BCUT2D eigenvalue weighted by atomic mass is 16.6. The van der Waals surface area contributed by atoms with E-state index in [0.717, 1.165) is 0 Å². The van der Waals surface area contributed by atoms with Gasteiger partial charge >= 0.3 is 6.09 Å². The van der Waals surface area contributed by atoms with Crippen molar-refractivity contribution in [1.82, 2.24) is 5.32 Å². The van der Waals surface area contributed by atoms with Crippen LogP contribution in [0.4, 0.5) is 4.79 Å². The summed E-state index contributed by atoms with van der Waals surface area (Å²) in [5, 5.41) is 2.54. The molecule has 0 aliphatic rings. The van der Waals surface area contributed by atoms with E-state index >= 15 is 0 Å². The molecule has 0 aliphatic heterocycles. The van der Waals surface area contributed by atoms with Crippen LogP contribution < -0.4 is 10.1 Å². The lowest BCUT2D eigenvalue weighted by atomic mass is 10.1. The average molecular weight is 303 g/mol. The van der Waals surface area contributed by atoms with Crippen molar-refractivity contribution in [2.75, 3.05) is 13.7 Å². The molecule has 22 heavy (non-hydrogen) atoms. The Bertz CT molecular complexity index is 618. The van der Waals surface area contributed by atoms with Gasteiger partial charge in [0.15, 0.2) is 5.78 Å². The van der Waals surface area contributed by atoms with Crippen molar-refractivity contribution >= 4 is 11.9 Å². The molecule has 0 unspecified atom stereocenters. The minimum atomic E-state index is -0.545. The number of hydrogen-bond donors (Lipinski definition) is 1. The van der Waals surface area contributed by atoms with Gasteiger partial charge in [-0.05, 0) is 45.9 Å². The number of nitrogens with one attached hydrogen (secondary N) is 1. The highest BCUT2D eigenvalue weighted by Gasteiger charge is 2.15. The van der Waals surface area contributed by atoms with Gasteiger partial charge in [0.1, 0.15) is 11.4 Å².